The van der Waals surface area contributed by atoms with Crippen molar-refractivity contribution in [3.05, 3.63) is 0 Å². The number of carbonyl (C=O) groups is 2. The fourth-order valence-corrected chi connectivity index (χ4v) is 4.42. The lowest BCUT2D eigenvalue weighted by Gasteiger charge is -2.32. The highest BCUT2D eigenvalue weighted by molar-refractivity contribution is 7.99. The number of methoxy groups -OCH3 is 1. The Morgan fingerprint density at radius 3 is 2.65 bits per heavy atom. The number of thioether (sulfide) groups is 1. The van der Waals surface area contributed by atoms with E-state index < -0.39 is 11.9 Å². The van der Waals surface area contributed by atoms with Crippen LogP contribution in [0.15, 0.2) is 0 Å². The van der Waals surface area contributed by atoms with Gasteiger partial charge in [0.25, 0.3) is 0 Å². The maximum atomic E-state index is 12.8. The predicted octanol–water partition coefficient (Wildman–Crippen LogP) is 1.47. The summed E-state index contributed by atoms with van der Waals surface area (Å²) < 4.78 is 5.10. The van der Waals surface area contributed by atoms with Crippen molar-refractivity contribution in [1.82, 2.24) is 4.90 Å². The number of hydrogen-bond acceptors (Lipinski definition) is 4. The lowest BCUT2D eigenvalue weighted by molar-refractivity contribution is -0.150. The highest BCUT2D eigenvalue weighted by atomic mass is 32.2. The summed E-state index contributed by atoms with van der Waals surface area (Å²) >= 11 is 1.86. The van der Waals surface area contributed by atoms with Crippen LogP contribution in [0, 0.1) is 11.8 Å². The van der Waals surface area contributed by atoms with Crippen molar-refractivity contribution in [2.24, 2.45) is 11.8 Å². The minimum Gasteiger partial charge on any atom is -0.481 e. The molecule has 5 nitrogen and oxygen atoms in total. The molecule has 1 heterocycles. The second kappa shape index (κ2) is 7.31. The molecule has 1 N–H and O–H groups in total. The minimum atomic E-state index is -0.826. The quantitative estimate of drug-likeness (QED) is 0.804. The second-order valence-electron chi connectivity index (χ2n) is 5.52. The van der Waals surface area contributed by atoms with Crippen LogP contribution in [0.5, 0.6) is 0 Å². The summed E-state index contributed by atoms with van der Waals surface area (Å²) in [5.74, 6) is 0.401. The minimum absolute atomic E-state index is 0.0273. The number of aliphatic carboxylic acids is 1. The normalized spacial score (nSPS) is 29.6. The van der Waals surface area contributed by atoms with Crippen LogP contribution in [-0.4, -0.2) is 59.7 Å². The fourth-order valence-electron chi connectivity index (χ4n) is 3.19. The summed E-state index contributed by atoms with van der Waals surface area (Å²) in [7, 11) is 1.63. The van der Waals surface area contributed by atoms with Crippen LogP contribution in [0.25, 0.3) is 0 Å². The molecule has 3 atom stereocenters. The molecule has 0 aromatic rings. The summed E-state index contributed by atoms with van der Waals surface area (Å²) in [6.07, 6.45) is 3.18. The number of hydrogen-bond donors (Lipinski definition) is 1. The van der Waals surface area contributed by atoms with Crippen LogP contribution in [0.2, 0.25) is 0 Å². The number of rotatable bonds is 6. The Kier molecular flexibility index (Phi) is 5.72. The van der Waals surface area contributed by atoms with E-state index in [1.54, 1.807) is 7.11 Å². The predicted molar refractivity (Wildman–Crippen MR) is 77.8 cm³/mol. The lowest BCUT2D eigenvalue weighted by atomic mass is 9.94. The number of amides is 1. The molecule has 1 amide bonds. The molecule has 114 valence electrons. The molecule has 2 rings (SSSR count). The van der Waals surface area contributed by atoms with Crippen LogP contribution in [0.1, 0.15) is 25.7 Å². The average molecular weight is 301 g/mol. The molecule has 2 aliphatic rings. The Morgan fingerprint density at radius 2 is 2.05 bits per heavy atom. The molecule has 20 heavy (non-hydrogen) atoms. The summed E-state index contributed by atoms with van der Waals surface area (Å²) in [5.41, 5.74) is 0. The van der Waals surface area contributed by atoms with Gasteiger partial charge in [-0.1, -0.05) is 6.42 Å². The first-order valence-electron chi connectivity index (χ1n) is 7.25. The van der Waals surface area contributed by atoms with E-state index >= 15 is 0 Å². The zero-order valence-electron chi connectivity index (χ0n) is 11.9. The van der Waals surface area contributed by atoms with Gasteiger partial charge >= 0.3 is 5.97 Å². The number of nitrogens with zero attached hydrogens (tertiary/aromatic N) is 1. The monoisotopic (exact) mass is 301 g/mol. The van der Waals surface area contributed by atoms with Gasteiger partial charge in [0.15, 0.2) is 0 Å². The first kappa shape index (κ1) is 15.6. The average Bonchev–Trinajstić information content (AvgIpc) is 3.10. The number of carboxylic acid groups (broad SMARTS) is 1. The van der Waals surface area contributed by atoms with Crippen LogP contribution in [0.4, 0.5) is 0 Å². The first-order valence-corrected chi connectivity index (χ1v) is 8.40. The fraction of sp³-hybridized carbons (Fsp3) is 0.857. The lowest BCUT2D eigenvalue weighted by Crippen LogP contribution is -2.46. The molecule has 0 aromatic carbocycles. The van der Waals surface area contributed by atoms with Gasteiger partial charge in [0.1, 0.15) is 0 Å². The van der Waals surface area contributed by atoms with E-state index in [0.717, 1.165) is 24.3 Å². The second-order valence-corrected chi connectivity index (χ2v) is 6.67. The van der Waals surface area contributed by atoms with E-state index in [4.69, 9.17) is 4.74 Å². The van der Waals surface area contributed by atoms with Gasteiger partial charge < -0.3 is 14.7 Å². The van der Waals surface area contributed by atoms with E-state index in [1.165, 1.54) is 0 Å². The molecule has 0 aromatic heterocycles. The Balaban J connectivity index is 2.06. The summed E-state index contributed by atoms with van der Waals surface area (Å²) in [5, 5.41) is 9.26. The molecule has 0 spiro atoms. The van der Waals surface area contributed by atoms with Crippen LogP contribution < -0.4 is 0 Å². The molecular formula is C14H23NO4S. The maximum Gasteiger partial charge on any atom is 0.307 e. The molecule has 1 aliphatic heterocycles. The Morgan fingerprint density at radius 1 is 1.30 bits per heavy atom. The summed E-state index contributed by atoms with van der Waals surface area (Å²) in [6, 6.07) is 0.248. The van der Waals surface area contributed by atoms with E-state index in [2.05, 4.69) is 0 Å². The van der Waals surface area contributed by atoms with Crippen molar-refractivity contribution < 1.29 is 19.4 Å². The molecule has 2 fully saturated rings. The van der Waals surface area contributed by atoms with Gasteiger partial charge in [-0.15, -0.1) is 0 Å². The standard InChI is InChI=1S/C14H23NO4S/c1-19-7-6-15(10-5-8-20-9-10)13(16)11-3-2-4-12(11)14(17)18/h10-12H,2-9H2,1H3,(H,17,18). The Labute approximate surface area is 124 Å². The van der Waals surface area contributed by atoms with Gasteiger partial charge in [0, 0.05) is 25.4 Å². The van der Waals surface area contributed by atoms with Crippen molar-refractivity contribution in [2.45, 2.75) is 31.7 Å². The number of carbonyl (C=O) groups excluding carboxylic acids is 1. The van der Waals surface area contributed by atoms with E-state index in [0.29, 0.717) is 26.0 Å². The molecule has 1 aliphatic carbocycles. The van der Waals surface area contributed by atoms with Crippen molar-refractivity contribution in [3.63, 3.8) is 0 Å². The van der Waals surface area contributed by atoms with Gasteiger partial charge in [-0.2, -0.15) is 11.8 Å². The van der Waals surface area contributed by atoms with Crippen molar-refractivity contribution >= 4 is 23.6 Å². The highest BCUT2D eigenvalue weighted by Crippen LogP contribution is 2.35. The molecule has 3 unspecified atom stereocenters. The Hall–Kier alpha value is -0.750. The third kappa shape index (κ3) is 3.47. The molecule has 1 saturated carbocycles. The summed E-state index contributed by atoms with van der Waals surface area (Å²) in [4.78, 5) is 25.9. The molecule has 6 heteroatoms. The van der Waals surface area contributed by atoms with E-state index in [-0.39, 0.29) is 17.9 Å². The van der Waals surface area contributed by atoms with Gasteiger partial charge in [0.2, 0.25) is 5.91 Å². The van der Waals surface area contributed by atoms with Crippen LogP contribution in [0.3, 0.4) is 0 Å². The highest BCUT2D eigenvalue weighted by Gasteiger charge is 2.41. The van der Waals surface area contributed by atoms with Crippen LogP contribution in [-0.2, 0) is 14.3 Å². The molecule has 1 saturated heterocycles. The van der Waals surface area contributed by atoms with Crippen molar-refractivity contribution in [2.75, 3.05) is 31.8 Å². The van der Waals surface area contributed by atoms with Crippen molar-refractivity contribution in [3.8, 4) is 0 Å². The first-order chi connectivity index (χ1) is 9.65. The number of carboxylic acids is 1. The topological polar surface area (TPSA) is 66.8 Å². The molecule has 0 bridgehead atoms. The van der Waals surface area contributed by atoms with Gasteiger partial charge in [0.05, 0.1) is 18.4 Å². The van der Waals surface area contributed by atoms with E-state index in [1.807, 2.05) is 16.7 Å². The Bertz CT molecular complexity index is 357. The molecule has 0 radical (unpaired) electrons. The van der Waals surface area contributed by atoms with E-state index in [9.17, 15) is 14.7 Å². The van der Waals surface area contributed by atoms with Crippen LogP contribution >= 0.6 is 11.8 Å². The van der Waals surface area contributed by atoms with Gasteiger partial charge in [-0.3, -0.25) is 9.59 Å². The third-order valence-corrected chi connectivity index (χ3v) is 5.46. The maximum absolute atomic E-state index is 12.8. The number of ether oxygens (including phenoxy) is 1. The summed E-state index contributed by atoms with van der Waals surface area (Å²) in [6.45, 7) is 1.08. The SMILES string of the molecule is COCCN(C(=O)C1CCCC1C(=O)O)C1CCSC1. The zero-order valence-corrected chi connectivity index (χ0v) is 12.7. The largest absolute Gasteiger partial charge is 0.481 e. The van der Waals surface area contributed by atoms with Gasteiger partial charge in [-0.05, 0) is 25.0 Å². The third-order valence-electron chi connectivity index (χ3n) is 4.32. The smallest absolute Gasteiger partial charge is 0.307 e. The van der Waals surface area contributed by atoms with Crippen molar-refractivity contribution in [1.29, 1.82) is 0 Å². The zero-order chi connectivity index (χ0) is 14.5. The van der Waals surface area contributed by atoms with Gasteiger partial charge in [-0.25, -0.2) is 0 Å². The molecular weight excluding hydrogens is 278 g/mol.